The number of pyridine rings is 2. The third-order valence-electron chi connectivity index (χ3n) is 2.97. The molecule has 22 heavy (non-hydrogen) atoms. The van der Waals surface area contributed by atoms with E-state index in [2.05, 4.69) is 22.5 Å². The van der Waals surface area contributed by atoms with Gasteiger partial charge in [-0.3, -0.25) is 0 Å². The molecule has 0 aromatic carbocycles. The highest BCUT2D eigenvalue weighted by Crippen LogP contribution is 1.91. The molecule has 6 heteroatoms. The molecule has 0 saturated heterocycles. The molecule has 0 aliphatic heterocycles. The number of allylic oxidation sites excluding steroid dienone is 2. The minimum absolute atomic E-state index is 0.728. The fourth-order valence-electron chi connectivity index (χ4n) is 1.99. The van der Waals surface area contributed by atoms with Gasteiger partial charge in [-0.1, -0.05) is 10.3 Å². The van der Waals surface area contributed by atoms with E-state index in [1.807, 2.05) is 58.2 Å². The number of rotatable bonds is 6. The predicted octanol–water partition coefficient (Wildman–Crippen LogP) is 1.13. The molecule has 2 N–H and O–H groups in total. The molecule has 0 bridgehead atoms. The first-order valence-electron chi connectivity index (χ1n) is 6.80. The molecule has 0 unspecified atom stereocenters. The second-order valence-electron chi connectivity index (χ2n) is 4.63. The third kappa shape index (κ3) is 4.82. The summed E-state index contributed by atoms with van der Waals surface area (Å²) in [5.74, 6) is 0. The van der Waals surface area contributed by atoms with Crippen molar-refractivity contribution in [3.05, 3.63) is 72.3 Å². The maximum absolute atomic E-state index is 8.53. The smallest absolute Gasteiger partial charge is 0.178 e. The van der Waals surface area contributed by atoms with Crippen molar-refractivity contribution in [1.82, 2.24) is 0 Å². The van der Waals surface area contributed by atoms with Gasteiger partial charge in [0.05, 0.1) is 23.6 Å². The summed E-state index contributed by atoms with van der Waals surface area (Å²) in [7, 11) is 0. The summed E-state index contributed by atoms with van der Waals surface area (Å²) < 4.78 is 3.99. The lowest BCUT2D eigenvalue weighted by Crippen LogP contribution is -2.34. The van der Waals surface area contributed by atoms with Crippen molar-refractivity contribution < 1.29 is 19.5 Å². The van der Waals surface area contributed by atoms with E-state index in [1.54, 1.807) is 0 Å². The molecule has 2 aromatic rings. The van der Waals surface area contributed by atoms with Crippen LogP contribution in [0.3, 0.4) is 0 Å². The molecule has 0 aliphatic carbocycles. The van der Waals surface area contributed by atoms with Gasteiger partial charge in [-0.15, -0.1) is 0 Å². The van der Waals surface area contributed by atoms with Gasteiger partial charge in [-0.2, -0.15) is 0 Å². The van der Waals surface area contributed by atoms with E-state index in [1.165, 1.54) is 12.4 Å². The van der Waals surface area contributed by atoms with Crippen LogP contribution in [0.4, 0.5) is 0 Å². The second kappa shape index (κ2) is 8.31. The lowest BCUT2D eigenvalue weighted by molar-refractivity contribution is -0.691. The van der Waals surface area contributed by atoms with E-state index in [4.69, 9.17) is 10.4 Å². The molecule has 0 atom stereocenters. The molecule has 112 valence electrons. The highest BCUT2D eigenvalue weighted by Gasteiger charge is 2.00. The summed E-state index contributed by atoms with van der Waals surface area (Å²) in [5.41, 5.74) is 1.67. The van der Waals surface area contributed by atoms with Crippen LogP contribution < -0.4 is 9.13 Å². The summed E-state index contributed by atoms with van der Waals surface area (Å²) in [4.78, 5) is 0. The average molecular weight is 298 g/mol. The molecule has 2 rings (SSSR count). The maximum atomic E-state index is 8.53. The van der Waals surface area contributed by atoms with Crippen molar-refractivity contribution in [3.63, 3.8) is 0 Å². The van der Waals surface area contributed by atoms with Crippen LogP contribution in [0, 0.1) is 0 Å². The van der Waals surface area contributed by atoms with Gasteiger partial charge in [0.15, 0.2) is 37.9 Å². The molecule has 0 saturated carbocycles. The normalized spacial score (nSPS) is 11.8. The molecule has 0 fully saturated rings. The second-order valence-corrected chi connectivity index (χ2v) is 4.63. The third-order valence-corrected chi connectivity index (χ3v) is 2.97. The van der Waals surface area contributed by atoms with Crippen LogP contribution in [0.2, 0.25) is 0 Å². The van der Waals surface area contributed by atoms with Gasteiger partial charge in [0.25, 0.3) is 0 Å². The van der Waals surface area contributed by atoms with Crippen molar-refractivity contribution in [2.24, 2.45) is 10.3 Å². The van der Waals surface area contributed by atoms with Gasteiger partial charge >= 0.3 is 0 Å². The Morgan fingerprint density at radius 1 is 0.818 bits per heavy atom. The van der Waals surface area contributed by atoms with E-state index in [-0.39, 0.29) is 0 Å². The minimum atomic E-state index is 0.728. The molecule has 0 spiro atoms. The molecular formula is C16H18N4O2+2. The Balaban J connectivity index is 1.93. The first-order valence-corrected chi connectivity index (χ1v) is 6.80. The van der Waals surface area contributed by atoms with Crippen LogP contribution in [0.15, 0.2) is 71.5 Å². The highest BCUT2D eigenvalue weighted by atomic mass is 16.4. The lowest BCUT2D eigenvalue weighted by Gasteiger charge is -1.94. The van der Waals surface area contributed by atoms with Gasteiger partial charge in [0.1, 0.15) is 0 Å². The van der Waals surface area contributed by atoms with Gasteiger partial charge in [0, 0.05) is 12.1 Å². The Labute approximate surface area is 128 Å². The van der Waals surface area contributed by atoms with Crippen molar-refractivity contribution >= 4 is 12.4 Å². The maximum Gasteiger partial charge on any atom is 0.178 e. The predicted molar refractivity (Wildman–Crippen MR) is 81.2 cm³/mol. The summed E-state index contributed by atoms with van der Waals surface area (Å²) in [6.07, 6.45) is 14.6. The van der Waals surface area contributed by atoms with Gasteiger partial charge in [-0.25, -0.2) is 9.13 Å². The zero-order valence-corrected chi connectivity index (χ0v) is 12.0. The van der Waals surface area contributed by atoms with Gasteiger partial charge in [0.2, 0.25) is 0 Å². The fourth-order valence-corrected chi connectivity index (χ4v) is 1.99. The van der Waals surface area contributed by atoms with Gasteiger partial charge < -0.3 is 10.4 Å². The largest absolute Gasteiger partial charge is 0.411 e. The van der Waals surface area contributed by atoms with Crippen molar-refractivity contribution in [1.29, 1.82) is 0 Å². The lowest BCUT2D eigenvalue weighted by atomic mass is 10.3. The minimum Gasteiger partial charge on any atom is -0.411 e. The fraction of sp³-hybridized carbons (Fsp3) is 0.125. The Morgan fingerprint density at radius 3 is 1.68 bits per heavy atom. The van der Waals surface area contributed by atoms with Crippen LogP contribution in [0.1, 0.15) is 11.1 Å². The molecule has 0 radical (unpaired) electrons. The Kier molecular flexibility index (Phi) is 5.80. The SMILES string of the molecule is O/N=C/c1ccc[n+](C/C=C\C[n+]2cccc(/C=N/O)c2)c1. The Bertz CT molecular complexity index is 637. The summed E-state index contributed by atoms with van der Waals surface area (Å²) >= 11 is 0. The van der Waals surface area contributed by atoms with E-state index in [0.29, 0.717) is 0 Å². The molecule has 2 heterocycles. The number of oxime groups is 2. The molecular weight excluding hydrogens is 280 g/mol. The van der Waals surface area contributed by atoms with Gasteiger partial charge in [-0.05, 0) is 24.3 Å². The van der Waals surface area contributed by atoms with E-state index in [9.17, 15) is 0 Å². The number of hydrogen-bond donors (Lipinski definition) is 2. The number of nitrogens with zero attached hydrogens (tertiary/aromatic N) is 4. The van der Waals surface area contributed by atoms with Crippen molar-refractivity contribution in [2.75, 3.05) is 0 Å². The zero-order chi connectivity index (χ0) is 15.6. The van der Waals surface area contributed by atoms with Crippen LogP contribution in [0.5, 0.6) is 0 Å². The van der Waals surface area contributed by atoms with E-state index >= 15 is 0 Å². The molecule has 6 nitrogen and oxygen atoms in total. The van der Waals surface area contributed by atoms with Crippen LogP contribution in [-0.2, 0) is 13.1 Å². The van der Waals surface area contributed by atoms with Crippen LogP contribution >= 0.6 is 0 Å². The standard InChI is InChI=1S/C16H16N4O2/c21-17-11-15-5-3-9-19(13-15)7-1-2-8-20-10-4-6-16(14-20)12-18-22/h1-6,9-14H,7-8H2/p+2/b2-1-,17-11+,18-12+. The van der Waals surface area contributed by atoms with E-state index < -0.39 is 0 Å². The topological polar surface area (TPSA) is 72.9 Å². The van der Waals surface area contributed by atoms with Crippen molar-refractivity contribution in [2.45, 2.75) is 13.1 Å². The number of hydrogen-bond acceptors (Lipinski definition) is 4. The first kappa shape index (κ1) is 15.4. The van der Waals surface area contributed by atoms with Crippen LogP contribution in [0.25, 0.3) is 0 Å². The molecule has 0 aliphatic rings. The van der Waals surface area contributed by atoms with E-state index in [0.717, 1.165) is 24.2 Å². The Morgan fingerprint density at radius 2 is 1.27 bits per heavy atom. The zero-order valence-electron chi connectivity index (χ0n) is 12.0. The summed E-state index contributed by atoms with van der Waals surface area (Å²) in [5, 5.41) is 23.1. The summed E-state index contributed by atoms with van der Waals surface area (Å²) in [6, 6.07) is 7.53. The highest BCUT2D eigenvalue weighted by molar-refractivity contribution is 5.78. The monoisotopic (exact) mass is 298 g/mol. The first-order chi connectivity index (χ1) is 10.8. The van der Waals surface area contributed by atoms with Crippen molar-refractivity contribution in [3.8, 4) is 0 Å². The quantitative estimate of drug-likeness (QED) is 0.276. The Hall–Kier alpha value is -3.02. The number of aromatic nitrogens is 2. The van der Waals surface area contributed by atoms with Crippen LogP contribution in [-0.4, -0.2) is 22.8 Å². The average Bonchev–Trinajstić information content (AvgIpc) is 2.53. The summed E-state index contributed by atoms with van der Waals surface area (Å²) in [6.45, 7) is 1.46. The molecule has 0 amide bonds. The molecule has 2 aromatic heterocycles.